The zero-order valence-corrected chi connectivity index (χ0v) is 13.5. The molecule has 112 valence electrons. The van der Waals surface area contributed by atoms with Crippen molar-refractivity contribution >= 4 is 38.8 Å². The topological polar surface area (TPSA) is 68.5 Å². The van der Waals surface area contributed by atoms with Crippen molar-refractivity contribution in [3.05, 3.63) is 34.0 Å². The molecule has 0 saturated carbocycles. The Morgan fingerprint density at radius 2 is 2.14 bits per heavy atom. The fourth-order valence-corrected chi connectivity index (χ4v) is 2.39. The predicted octanol–water partition coefficient (Wildman–Crippen LogP) is 3.19. The van der Waals surface area contributed by atoms with Gasteiger partial charge in [-0.3, -0.25) is 9.59 Å². The van der Waals surface area contributed by atoms with E-state index in [1.165, 1.54) is 7.11 Å². The molecule has 0 aliphatic carbocycles. The lowest BCUT2D eigenvalue weighted by atomic mass is 10.1. The van der Waals surface area contributed by atoms with Gasteiger partial charge in [0.25, 0.3) is 5.91 Å². The Kier molecular flexibility index (Phi) is 5.01. The van der Waals surface area contributed by atoms with Crippen molar-refractivity contribution in [1.82, 2.24) is 5.32 Å². The number of rotatable bonds is 5. The summed E-state index contributed by atoms with van der Waals surface area (Å²) in [4.78, 5) is 23.1. The Balaban J connectivity index is 2.03. The number of halogens is 1. The van der Waals surface area contributed by atoms with Crippen molar-refractivity contribution in [1.29, 1.82) is 0 Å². The van der Waals surface area contributed by atoms with Crippen LogP contribution in [0.2, 0.25) is 0 Å². The van der Waals surface area contributed by atoms with Gasteiger partial charge in [-0.25, -0.2) is 0 Å². The minimum Gasteiger partial charge on any atom is -0.469 e. The highest BCUT2D eigenvalue weighted by molar-refractivity contribution is 9.10. The van der Waals surface area contributed by atoms with Crippen LogP contribution in [0.1, 0.15) is 29.0 Å². The number of aryl methyl sites for hydroxylation is 1. The molecule has 0 aliphatic rings. The van der Waals surface area contributed by atoms with Crippen molar-refractivity contribution in [3.8, 4) is 0 Å². The number of nitrogens with one attached hydrogen (secondary N) is 1. The zero-order valence-electron chi connectivity index (χ0n) is 11.9. The average molecular weight is 354 g/mol. The van der Waals surface area contributed by atoms with Crippen LogP contribution in [0.5, 0.6) is 0 Å². The second-order valence-electron chi connectivity index (χ2n) is 4.63. The second kappa shape index (κ2) is 6.76. The van der Waals surface area contributed by atoms with E-state index in [1.807, 2.05) is 25.1 Å². The first-order valence-electron chi connectivity index (χ1n) is 6.56. The van der Waals surface area contributed by atoms with Crippen molar-refractivity contribution in [2.75, 3.05) is 13.7 Å². The molecule has 0 aliphatic heterocycles. The molecule has 0 unspecified atom stereocenters. The van der Waals surface area contributed by atoms with Crippen LogP contribution in [-0.2, 0) is 9.53 Å². The molecule has 1 aromatic carbocycles. The van der Waals surface area contributed by atoms with Gasteiger partial charge >= 0.3 is 5.97 Å². The number of ether oxygens (including phenoxy) is 1. The fraction of sp³-hybridized carbons (Fsp3) is 0.333. The lowest BCUT2D eigenvalue weighted by molar-refractivity contribution is -0.140. The van der Waals surface area contributed by atoms with E-state index >= 15 is 0 Å². The van der Waals surface area contributed by atoms with E-state index in [1.54, 1.807) is 0 Å². The van der Waals surface area contributed by atoms with E-state index in [-0.39, 0.29) is 18.3 Å². The molecule has 0 radical (unpaired) electrons. The van der Waals surface area contributed by atoms with Crippen LogP contribution in [0.15, 0.2) is 27.1 Å². The summed E-state index contributed by atoms with van der Waals surface area (Å²) in [6.07, 6.45) is 0.812. The minimum atomic E-state index is -0.283. The number of amides is 1. The summed E-state index contributed by atoms with van der Waals surface area (Å²) in [7, 11) is 1.34. The van der Waals surface area contributed by atoms with Crippen molar-refractivity contribution in [2.24, 2.45) is 0 Å². The van der Waals surface area contributed by atoms with Crippen molar-refractivity contribution in [3.63, 3.8) is 0 Å². The fourth-order valence-electron chi connectivity index (χ4n) is 2.03. The van der Waals surface area contributed by atoms with Gasteiger partial charge in [0.15, 0.2) is 5.76 Å². The number of methoxy groups -OCH3 is 1. The lowest BCUT2D eigenvalue weighted by Crippen LogP contribution is -2.25. The van der Waals surface area contributed by atoms with Crippen LogP contribution < -0.4 is 5.32 Å². The highest BCUT2D eigenvalue weighted by Crippen LogP contribution is 2.27. The molecule has 0 saturated heterocycles. The van der Waals surface area contributed by atoms with Crippen LogP contribution in [0.4, 0.5) is 0 Å². The number of carbonyl (C=O) groups excluding carboxylic acids is 2. The first-order valence-corrected chi connectivity index (χ1v) is 7.36. The molecule has 0 fully saturated rings. The lowest BCUT2D eigenvalue weighted by Gasteiger charge is -2.03. The first-order chi connectivity index (χ1) is 10.0. The van der Waals surface area contributed by atoms with Crippen molar-refractivity contribution in [2.45, 2.75) is 19.8 Å². The van der Waals surface area contributed by atoms with E-state index in [0.717, 1.165) is 15.4 Å². The molecule has 2 rings (SSSR count). The number of benzene rings is 1. The van der Waals surface area contributed by atoms with Gasteiger partial charge in [-0.15, -0.1) is 0 Å². The SMILES string of the molecule is COC(=O)CCCNC(=O)c1oc2ccc(Br)cc2c1C. The maximum Gasteiger partial charge on any atom is 0.305 e. The maximum atomic E-state index is 12.1. The smallest absolute Gasteiger partial charge is 0.305 e. The molecule has 0 atom stereocenters. The monoisotopic (exact) mass is 353 g/mol. The third-order valence-corrected chi connectivity index (χ3v) is 3.67. The molecule has 5 nitrogen and oxygen atoms in total. The molecule has 1 amide bonds. The maximum absolute atomic E-state index is 12.1. The summed E-state index contributed by atoms with van der Waals surface area (Å²) >= 11 is 3.40. The molecule has 1 heterocycles. The summed E-state index contributed by atoms with van der Waals surface area (Å²) in [5, 5.41) is 3.65. The van der Waals surface area contributed by atoms with E-state index in [9.17, 15) is 9.59 Å². The summed E-state index contributed by atoms with van der Waals surface area (Å²) in [6.45, 7) is 2.25. The molecular weight excluding hydrogens is 338 g/mol. The Hall–Kier alpha value is -1.82. The Morgan fingerprint density at radius 1 is 1.38 bits per heavy atom. The quantitative estimate of drug-likeness (QED) is 0.661. The molecule has 0 bridgehead atoms. The van der Waals surface area contributed by atoms with Crippen LogP contribution in [-0.4, -0.2) is 25.5 Å². The number of hydrogen-bond acceptors (Lipinski definition) is 4. The predicted molar refractivity (Wildman–Crippen MR) is 82.2 cm³/mol. The van der Waals surface area contributed by atoms with Gasteiger partial charge in [0.2, 0.25) is 0 Å². The number of furan rings is 1. The normalized spacial score (nSPS) is 10.6. The van der Waals surface area contributed by atoms with Gasteiger partial charge in [-0.2, -0.15) is 0 Å². The summed E-state index contributed by atoms with van der Waals surface area (Å²) in [5.41, 5.74) is 1.48. The van der Waals surface area contributed by atoms with Gasteiger partial charge < -0.3 is 14.5 Å². The number of fused-ring (bicyclic) bond motifs is 1. The van der Waals surface area contributed by atoms with Gasteiger partial charge in [0, 0.05) is 28.4 Å². The Labute approximate surface area is 130 Å². The average Bonchev–Trinajstić information content (AvgIpc) is 2.80. The molecule has 1 N–H and O–H groups in total. The molecule has 2 aromatic rings. The molecule has 21 heavy (non-hydrogen) atoms. The third-order valence-electron chi connectivity index (χ3n) is 3.18. The Morgan fingerprint density at radius 3 is 2.86 bits per heavy atom. The summed E-state index contributed by atoms with van der Waals surface area (Å²) < 4.78 is 11.1. The number of carbonyl (C=O) groups is 2. The standard InChI is InChI=1S/C15H16BrNO4/c1-9-11-8-10(16)5-6-12(11)21-14(9)15(19)17-7-3-4-13(18)20-2/h5-6,8H,3-4,7H2,1-2H3,(H,17,19). The molecular formula is C15H16BrNO4. The van der Waals surface area contributed by atoms with E-state index < -0.39 is 0 Å². The van der Waals surface area contributed by atoms with E-state index in [2.05, 4.69) is 26.0 Å². The first kappa shape index (κ1) is 15.6. The zero-order chi connectivity index (χ0) is 15.4. The summed E-state index contributed by atoms with van der Waals surface area (Å²) in [5.74, 6) is -0.250. The molecule has 6 heteroatoms. The van der Waals surface area contributed by atoms with E-state index in [0.29, 0.717) is 24.3 Å². The largest absolute Gasteiger partial charge is 0.469 e. The summed E-state index contributed by atoms with van der Waals surface area (Å²) in [6, 6.07) is 5.60. The third kappa shape index (κ3) is 3.64. The van der Waals surface area contributed by atoms with E-state index in [4.69, 9.17) is 4.42 Å². The van der Waals surface area contributed by atoms with Crippen LogP contribution >= 0.6 is 15.9 Å². The minimum absolute atomic E-state index is 0.273. The number of esters is 1. The van der Waals surface area contributed by atoms with Crippen molar-refractivity contribution < 1.29 is 18.7 Å². The van der Waals surface area contributed by atoms with Gasteiger partial charge in [-0.05, 0) is 31.5 Å². The molecule has 1 aromatic heterocycles. The van der Waals surface area contributed by atoms with Gasteiger partial charge in [0.05, 0.1) is 7.11 Å². The van der Waals surface area contributed by atoms with Gasteiger partial charge in [0.1, 0.15) is 5.58 Å². The second-order valence-corrected chi connectivity index (χ2v) is 5.55. The van der Waals surface area contributed by atoms with Crippen LogP contribution in [0.3, 0.4) is 0 Å². The van der Waals surface area contributed by atoms with Crippen LogP contribution in [0, 0.1) is 6.92 Å². The molecule has 0 spiro atoms. The highest BCUT2D eigenvalue weighted by Gasteiger charge is 2.17. The van der Waals surface area contributed by atoms with Crippen LogP contribution in [0.25, 0.3) is 11.0 Å². The Bertz CT molecular complexity index is 678. The number of hydrogen-bond donors (Lipinski definition) is 1. The van der Waals surface area contributed by atoms with Gasteiger partial charge in [-0.1, -0.05) is 15.9 Å². The highest BCUT2D eigenvalue weighted by atomic mass is 79.9.